The molecule has 2 heterocycles. The Balaban J connectivity index is 1.39. The molecule has 2 aliphatic heterocycles. The predicted octanol–water partition coefficient (Wildman–Crippen LogP) is 6.61. The number of hydrogen-bond acceptors (Lipinski definition) is 5. The maximum atomic E-state index is 6.52. The van der Waals surface area contributed by atoms with Gasteiger partial charge in [0.25, 0.3) is 0 Å². The maximum absolute atomic E-state index is 6.52. The van der Waals surface area contributed by atoms with Crippen LogP contribution in [-0.2, 0) is 0 Å². The van der Waals surface area contributed by atoms with Crippen molar-refractivity contribution >= 4 is 5.71 Å². The van der Waals surface area contributed by atoms with Crippen molar-refractivity contribution < 1.29 is 14.2 Å². The minimum absolute atomic E-state index is 0.0838. The fourth-order valence-corrected chi connectivity index (χ4v) is 4.92. The van der Waals surface area contributed by atoms with Crippen molar-refractivity contribution in [1.29, 1.82) is 0 Å². The highest BCUT2D eigenvalue weighted by Crippen LogP contribution is 2.48. The fourth-order valence-electron chi connectivity index (χ4n) is 4.92. The molecule has 2 atom stereocenters. The number of fused-ring (bicyclic) bond motifs is 3. The van der Waals surface area contributed by atoms with E-state index < -0.39 is 0 Å². The van der Waals surface area contributed by atoms with Gasteiger partial charge in [-0.1, -0.05) is 72.8 Å². The van der Waals surface area contributed by atoms with E-state index in [1.807, 2.05) is 36.4 Å². The van der Waals surface area contributed by atoms with Crippen LogP contribution in [0.25, 0.3) is 11.1 Å². The zero-order valence-electron chi connectivity index (χ0n) is 19.7. The molecule has 35 heavy (non-hydrogen) atoms. The lowest BCUT2D eigenvalue weighted by Crippen LogP contribution is -2.33. The summed E-state index contributed by atoms with van der Waals surface area (Å²) in [5, 5.41) is 7.18. The van der Waals surface area contributed by atoms with Crippen molar-refractivity contribution in [3.8, 4) is 28.4 Å². The van der Waals surface area contributed by atoms with Crippen molar-refractivity contribution in [2.75, 3.05) is 14.2 Å². The molecule has 0 radical (unpaired) electrons. The monoisotopic (exact) mass is 462 g/mol. The zero-order valence-corrected chi connectivity index (χ0v) is 19.7. The second-order valence-electron chi connectivity index (χ2n) is 8.71. The fraction of sp³-hybridized carbons (Fsp3) is 0.167. The minimum Gasteiger partial charge on any atom is -0.497 e. The molecule has 0 aliphatic carbocycles. The van der Waals surface area contributed by atoms with Crippen molar-refractivity contribution in [3.05, 3.63) is 114 Å². The molecule has 6 rings (SSSR count). The van der Waals surface area contributed by atoms with E-state index in [1.54, 1.807) is 14.2 Å². The summed E-state index contributed by atoms with van der Waals surface area (Å²) in [5.41, 5.74) is 6.53. The van der Waals surface area contributed by atoms with E-state index in [2.05, 4.69) is 65.7 Å². The van der Waals surface area contributed by atoms with Gasteiger partial charge in [0, 0.05) is 29.2 Å². The Morgan fingerprint density at radius 1 is 0.800 bits per heavy atom. The number of hydrazone groups is 1. The summed E-state index contributed by atoms with van der Waals surface area (Å²) in [4.78, 5) is 0. The molecule has 0 saturated carbocycles. The van der Waals surface area contributed by atoms with E-state index in [1.165, 1.54) is 11.1 Å². The van der Waals surface area contributed by atoms with Crippen molar-refractivity contribution in [1.82, 2.24) is 5.01 Å². The highest BCUT2D eigenvalue weighted by molar-refractivity contribution is 6.04. The predicted molar refractivity (Wildman–Crippen MR) is 137 cm³/mol. The van der Waals surface area contributed by atoms with E-state index in [9.17, 15) is 0 Å². The first-order chi connectivity index (χ1) is 17.2. The van der Waals surface area contributed by atoms with Gasteiger partial charge in [0.1, 0.15) is 17.2 Å². The molecule has 0 N–H and O–H groups in total. The Bertz CT molecular complexity index is 1380. The van der Waals surface area contributed by atoms with Crippen molar-refractivity contribution in [2.45, 2.75) is 18.7 Å². The summed E-state index contributed by atoms with van der Waals surface area (Å²) in [6.45, 7) is 0. The number of nitrogens with zero attached hydrogens (tertiary/aromatic N) is 2. The third kappa shape index (κ3) is 3.79. The molecule has 0 aromatic heterocycles. The van der Waals surface area contributed by atoms with Gasteiger partial charge in [0.2, 0.25) is 6.23 Å². The van der Waals surface area contributed by atoms with Gasteiger partial charge >= 0.3 is 0 Å². The summed E-state index contributed by atoms with van der Waals surface area (Å²) in [7, 11) is 3.33. The highest BCUT2D eigenvalue weighted by Gasteiger charge is 2.41. The molecule has 5 nitrogen and oxygen atoms in total. The van der Waals surface area contributed by atoms with Gasteiger partial charge in [-0.05, 0) is 29.3 Å². The number of benzene rings is 4. The van der Waals surface area contributed by atoms with Crippen LogP contribution in [0.1, 0.15) is 35.4 Å². The van der Waals surface area contributed by atoms with Crippen LogP contribution in [0.4, 0.5) is 0 Å². The number of methoxy groups -OCH3 is 2. The van der Waals surface area contributed by atoms with Gasteiger partial charge in [-0.25, -0.2) is 5.01 Å². The Morgan fingerprint density at radius 2 is 1.54 bits per heavy atom. The average Bonchev–Trinajstić information content (AvgIpc) is 3.38. The largest absolute Gasteiger partial charge is 0.497 e. The summed E-state index contributed by atoms with van der Waals surface area (Å²) < 4.78 is 17.6. The molecule has 0 fully saturated rings. The first kappa shape index (κ1) is 21.3. The van der Waals surface area contributed by atoms with Crippen LogP contribution in [0.5, 0.6) is 17.2 Å². The third-order valence-electron chi connectivity index (χ3n) is 6.72. The van der Waals surface area contributed by atoms with Crippen molar-refractivity contribution in [3.63, 3.8) is 0 Å². The molecule has 0 saturated heterocycles. The number of hydrogen-bond donors (Lipinski definition) is 0. The first-order valence-electron chi connectivity index (χ1n) is 11.7. The third-order valence-corrected chi connectivity index (χ3v) is 6.72. The van der Waals surface area contributed by atoms with Crippen LogP contribution in [-0.4, -0.2) is 24.9 Å². The standard InChI is InChI=1S/C30H26N2O3/c1-33-23-16-17-24(29(18-23)34-2)26-19-27-25-10-6-7-11-28(25)35-30(32(27)31-26)22-14-12-21(13-15-22)20-8-4-3-5-9-20/h3-18,27,30H,19H2,1-2H3/t27-,30+/m1/s1. The summed E-state index contributed by atoms with van der Waals surface area (Å²) in [5.74, 6) is 2.41. The Kier molecular flexibility index (Phi) is 5.38. The Labute approximate surface area is 205 Å². The summed E-state index contributed by atoms with van der Waals surface area (Å²) >= 11 is 0. The van der Waals surface area contributed by atoms with Gasteiger partial charge < -0.3 is 14.2 Å². The van der Waals surface area contributed by atoms with Crippen LogP contribution < -0.4 is 14.2 Å². The lowest BCUT2D eigenvalue weighted by molar-refractivity contribution is -0.0190. The molecule has 0 spiro atoms. The molecular weight excluding hydrogens is 436 g/mol. The highest BCUT2D eigenvalue weighted by atomic mass is 16.5. The number of ether oxygens (including phenoxy) is 3. The van der Waals surface area contributed by atoms with Gasteiger partial charge in [-0.2, -0.15) is 5.10 Å². The van der Waals surface area contributed by atoms with Gasteiger partial charge in [-0.15, -0.1) is 0 Å². The topological polar surface area (TPSA) is 43.3 Å². The van der Waals surface area contributed by atoms with Gasteiger partial charge in [0.15, 0.2) is 0 Å². The van der Waals surface area contributed by atoms with E-state index in [-0.39, 0.29) is 12.3 Å². The normalized spacial score (nSPS) is 18.2. The van der Waals surface area contributed by atoms with Crippen LogP contribution >= 0.6 is 0 Å². The number of para-hydroxylation sites is 1. The molecule has 4 aromatic carbocycles. The van der Waals surface area contributed by atoms with Crippen LogP contribution in [0.2, 0.25) is 0 Å². The molecular formula is C30H26N2O3. The quantitative estimate of drug-likeness (QED) is 0.335. The van der Waals surface area contributed by atoms with E-state index in [0.29, 0.717) is 0 Å². The van der Waals surface area contributed by atoms with Gasteiger partial charge in [-0.3, -0.25) is 0 Å². The van der Waals surface area contributed by atoms with Crippen molar-refractivity contribution in [2.24, 2.45) is 5.10 Å². The molecule has 4 aromatic rings. The molecule has 0 amide bonds. The Hall–Kier alpha value is -4.25. The average molecular weight is 463 g/mol. The SMILES string of the molecule is COc1ccc(C2=NN3[C@H](C2)c2ccccc2O[C@H]3c2ccc(-c3ccccc3)cc2)c(OC)c1. The van der Waals surface area contributed by atoms with Crippen LogP contribution in [0.15, 0.2) is 102 Å². The smallest absolute Gasteiger partial charge is 0.213 e. The van der Waals surface area contributed by atoms with E-state index in [0.717, 1.165) is 46.1 Å². The van der Waals surface area contributed by atoms with E-state index in [4.69, 9.17) is 19.3 Å². The lowest BCUT2D eigenvalue weighted by Gasteiger charge is -2.38. The van der Waals surface area contributed by atoms with Gasteiger partial charge in [0.05, 0.1) is 26.0 Å². The minimum atomic E-state index is -0.318. The number of rotatable bonds is 5. The van der Waals surface area contributed by atoms with E-state index >= 15 is 0 Å². The zero-order chi connectivity index (χ0) is 23.8. The first-order valence-corrected chi connectivity index (χ1v) is 11.7. The molecule has 174 valence electrons. The van der Waals surface area contributed by atoms with Crippen LogP contribution in [0.3, 0.4) is 0 Å². The molecule has 0 bridgehead atoms. The molecule has 2 aliphatic rings. The van der Waals surface area contributed by atoms with Crippen LogP contribution in [0, 0.1) is 0 Å². The molecule has 5 heteroatoms. The Morgan fingerprint density at radius 3 is 2.31 bits per heavy atom. The second-order valence-corrected chi connectivity index (χ2v) is 8.71. The second kappa shape index (κ2) is 8.84. The lowest BCUT2D eigenvalue weighted by atomic mass is 9.95. The molecule has 0 unspecified atom stereocenters. The maximum Gasteiger partial charge on any atom is 0.213 e. The summed E-state index contributed by atoms with van der Waals surface area (Å²) in [6.07, 6.45) is 0.447. The summed E-state index contributed by atoms with van der Waals surface area (Å²) in [6, 6.07) is 33.2.